The molecule has 0 heterocycles. The lowest BCUT2D eigenvalue weighted by Crippen LogP contribution is -2.62. The summed E-state index contributed by atoms with van der Waals surface area (Å²) < 4.78 is 11.0. The molecule has 3 aliphatic carbocycles. The Hall–Kier alpha value is -2.69. The van der Waals surface area contributed by atoms with Crippen molar-refractivity contribution in [2.75, 3.05) is 7.11 Å². The standard InChI is InChI=1S/C33H46O5/c1-21(2)12-10-13-22(3)14-11-15-23(4)29-25(35)20-27-31(6)19-17-28(38-24(5)34)33(8,30(36)37-9)26(31)16-18-32(27,29)7/h10-15,26-28H,16-20H2,1-9H3/b13-10+,15-11+,22-14+,29-23-/t26-,27+,28-,31+,32+,33-/m1/s1. The monoisotopic (exact) mass is 522 g/mol. The quantitative estimate of drug-likeness (QED) is 0.209. The molecule has 0 unspecified atom stereocenters. The zero-order valence-corrected chi connectivity index (χ0v) is 24.8. The van der Waals surface area contributed by atoms with Gasteiger partial charge in [0.1, 0.15) is 11.5 Å². The van der Waals surface area contributed by atoms with E-state index in [4.69, 9.17) is 9.47 Å². The summed E-state index contributed by atoms with van der Waals surface area (Å²) in [7, 11) is 1.40. The molecular formula is C33H46O5. The Kier molecular flexibility index (Phi) is 8.80. The minimum absolute atomic E-state index is 0.0419. The molecule has 5 nitrogen and oxygen atoms in total. The first kappa shape index (κ1) is 29.9. The van der Waals surface area contributed by atoms with E-state index in [-0.39, 0.29) is 40.4 Å². The van der Waals surface area contributed by atoms with Crippen molar-refractivity contribution >= 4 is 17.7 Å². The fourth-order valence-corrected chi connectivity index (χ4v) is 8.00. The van der Waals surface area contributed by atoms with Crippen LogP contribution >= 0.6 is 0 Å². The van der Waals surface area contributed by atoms with Gasteiger partial charge in [-0.25, -0.2) is 0 Å². The molecule has 0 bridgehead atoms. The normalized spacial score (nSPS) is 36.6. The number of methoxy groups -OCH3 is 1. The Balaban J connectivity index is 1.96. The molecule has 3 fully saturated rings. The number of hydrogen-bond acceptors (Lipinski definition) is 5. The van der Waals surface area contributed by atoms with Gasteiger partial charge in [-0.15, -0.1) is 0 Å². The van der Waals surface area contributed by atoms with E-state index in [1.165, 1.54) is 19.6 Å². The Bertz CT molecular complexity index is 1130. The molecule has 0 aromatic rings. The molecular weight excluding hydrogens is 476 g/mol. The van der Waals surface area contributed by atoms with Gasteiger partial charge < -0.3 is 9.47 Å². The first-order valence-corrected chi connectivity index (χ1v) is 13.9. The van der Waals surface area contributed by atoms with Crippen LogP contribution in [0.1, 0.15) is 87.5 Å². The third-order valence-corrected chi connectivity index (χ3v) is 9.71. The van der Waals surface area contributed by atoms with E-state index in [0.29, 0.717) is 12.8 Å². The highest BCUT2D eigenvalue weighted by Crippen LogP contribution is 2.69. The average Bonchev–Trinajstić information content (AvgIpc) is 3.11. The summed E-state index contributed by atoms with van der Waals surface area (Å²) >= 11 is 0. The van der Waals surface area contributed by atoms with Crippen LogP contribution < -0.4 is 0 Å². The Morgan fingerprint density at radius 1 is 0.895 bits per heavy atom. The van der Waals surface area contributed by atoms with E-state index < -0.39 is 11.5 Å². The van der Waals surface area contributed by atoms with Crippen molar-refractivity contribution in [2.45, 2.75) is 93.6 Å². The van der Waals surface area contributed by atoms with E-state index in [1.807, 2.05) is 26.0 Å². The summed E-state index contributed by atoms with van der Waals surface area (Å²) in [6, 6.07) is 0. The van der Waals surface area contributed by atoms with Crippen LogP contribution in [-0.2, 0) is 23.9 Å². The van der Waals surface area contributed by atoms with Crippen molar-refractivity contribution in [1.82, 2.24) is 0 Å². The molecule has 0 aliphatic heterocycles. The molecule has 38 heavy (non-hydrogen) atoms. The number of hydrogen-bond donors (Lipinski definition) is 0. The molecule has 208 valence electrons. The van der Waals surface area contributed by atoms with Crippen molar-refractivity contribution in [1.29, 1.82) is 0 Å². The number of rotatable bonds is 6. The number of fused-ring (bicyclic) bond motifs is 3. The second kappa shape index (κ2) is 11.2. The number of allylic oxidation sites excluding steroid dienone is 10. The Labute approximate surface area is 229 Å². The van der Waals surface area contributed by atoms with Gasteiger partial charge in [0, 0.05) is 24.3 Å². The molecule has 6 atom stereocenters. The molecule has 5 heteroatoms. The predicted octanol–water partition coefficient (Wildman–Crippen LogP) is 7.24. The maximum atomic E-state index is 13.6. The number of carbonyl (C=O) groups is 3. The van der Waals surface area contributed by atoms with Crippen molar-refractivity contribution in [3.8, 4) is 0 Å². The molecule has 3 saturated carbocycles. The first-order chi connectivity index (χ1) is 17.7. The molecule has 3 rings (SSSR count). The highest BCUT2D eigenvalue weighted by molar-refractivity contribution is 6.01. The lowest BCUT2D eigenvalue weighted by molar-refractivity contribution is -0.206. The Morgan fingerprint density at radius 2 is 1.55 bits per heavy atom. The van der Waals surface area contributed by atoms with Gasteiger partial charge in [-0.05, 0) is 83.1 Å². The molecule has 0 aromatic heterocycles. The van der Waals surface area contributed by atoms with Gasteiger partial charge in [0.25, 0.3) is 0 Å². The van der Waals surface area contributed by atoms with E-state index >= 15 is 0 Å². The smallest absolute Gasteiger partial charge is 0.315 e. The largest absolute Gasteiger partial charge is 0.468 e. The van der Waals surface area contributed by atoms with Crippen LogP contribution in [0.15, 0.2) is 58.7 Å². The SMILES string of the molecule is COC(=O)[C@]1(C)[C@@H]2CC[C@]3(C)\C(=C(C)/C=C/C=C(C)/C=C/C=C(C)C)C(=O)C[C@H]3[C@@]2(C)CC[C@H]1OC(C)=O. The highest BCUT2D eigenvalue weighted by Gasteiger charge is 2.68. The summed E-state index contributed by atoms with van der Waals surface area (Å²) in [5.74, 6) is -0.420. The molecule has 0 saturated heterocycles. The van der Waals surface area contributed by atoms with Gasteiger partial charge in [-0.3, -0.25) is 14.4 Å². The van der Waals surface area contributed by atoms with Crippen LogP contribution in [0, 0.1) is 28.1 Å². The van der Waals surface area contributed by atoms with Crippen molar-refractivity contribution in [3.63, 3.8) is 0 Å². The molecule has 0 N–H and O–H groups in total. The average molecular weight is 523 g/mol. The number of ketones is 1. The zero-order valence-electron chi connectivity index (χ0n) is 24.8. The predicted molar refractivity (Wildman–Crippen MR) is 151 cm³/mol. The first-order valence-electron chi connectivity index (χ1n) is 13.9. The number of ether oxygens (including phenoxy) is 2. The highest BCUT2D eigenvalue weighted by atomic mass is 16.6. The second-order valence-corrected chi connectivity index (χ2v) is 12.5. The van der Waals surface area contributed by atoms with Crippen LogP contribution in [0.4, 0.5) is 0 Å². The lowest BCUT2D eigenvalue weighted by Gasteiger charge is -2.61. The molecule has 0 spiro atoms. The van der Waals surface area contributed by atoms with Crippen molar-refractivity contribution < 1.29 is 23.9 Å². The third-order valence-electron chi connectivity index (χ3n) is 9.71. The van der Waals surface area contributed by atoms with Gasteiger partial charge in [0.05, 0.1) is 7.11 Å². The zero-order chi connectivity index (χ0) is 28.5. The summed E-state index contributed by atoms with van der Waals surface area (Å²) in [4.78, 5) is 38.7. The van der Waals surface area contributed by atoms with E-state index in [0.717, 1.165) is 36.0 Å². The molecule has 0 radical (unpaired) electrons. The van der Waals surface area contributed by atoms with Gasteiger partial charge in [0.15, 0.2) is 5.78 Å². The van der Waals surface area contributed by atoms with Crippen LogP contribution in [-0.4, -0.2) is 30.9 Å². The fraction of sp³-hybridized carbons (Fsp3) is 0.606. The van der Waals surface area contributed by atoms with Crippen molar-refractivity contribution in [3.05, 3.63) is 58.7 Å². The minimum Gasteiger partial charge on any atom is -0.468 e. The van der Waals surface area contributed by atoms with Crippen LogP contribution in [0.25, 0.3) is 0 Å². The van der Waals surface area contributed by atoms with E-state index in [1.54, 1.807) is 0 Å². The lowest BCUT2D eigenvalue weighted by atomic mass is 9.42. The van der Waals surface area contributed by atoms with Gasteiger partial charge in [-0.1, -0.05) is 61.4 Å². The minimum atomic E-state index is -0.944. The molecule has 3 aliphatic rings. The number of carbonyl (C=O) groups excluding carboxylic acids is 3. The Morgan fingerprint density at radius 3 is 2.16 bits per heavy atom. The van der Waals surface area contributed by atoms with Gasteiger partial charge in [-0.2, -0.15) is 0 Å². The van der Waals surface area contributed by atoms with Gasteiger partial charge in [0.2, 0.25) is 0 Å². The van der Waals surface area contributed by atoms with Crippen LogP contribution in [0.2, 0.25) is 0 Å². The maximum absolute atomic E-state index is 13.6. The van der Waals surface area contributed by atoms with Crippen molar-refractivity contribution in [2.24, 2.45) is 28.1 Å². The van der Waals surface area contributed by atoms with Crippen LogP contribution in [0.3, 0.4) is 0 Å². The molecule has 0 amide bonds. The summed E-state index contributed by atoms with van der Waals surface area (Å²) in [6.07, 6.45) is 15.3. The van der Waals surface area contributed by atoms with Crippen LogP contribution in [0.5, 0.6) is 0 Å². The van der Waals surface area contributed by atoms with Gasteiger partial charge >= 0.3 is 11.9 Å². The molecule has 0 aromatic carbocycles. The summed E-state index contributed by atoms with van der Waals surface area (Å²) in [6.45, 7) is 16.0. The fourth-order valence-electron chi connectivity index (χ4n) is 8.00. The summed E-state index contributed by atoms with van der Waals surface area (Å²) in [5.41, 5.74) is 2.89. The topological polar surface area (TPSA) is 69.7 Å². The maximum Gasteiger partial charge on any atom is 0.315 e. The second-order valence-electron chi connectivity index (χ2n) is 12.5. The third kappa shape index (κ3) is 5.26. The van der Waals surface area contributed by atoms with E-state index in [9.17, 15) is 14.4 Å². The summed E-state index contributed by atoms with van der Waals surface area (Å²) in [5, 5.41) is 0. The number of esters is 2. The number of Topliss-reactive ketones (excluding diaryl/α,β-unsaturated/α-hetero) is 1. The van der Waals surface area contributed by atoms with E-state index in [2.05, 4.69) is 58.9 Å².